The zero-order chi connectivity index (χ0) is 16.5. The molecule has 1 N–H and O–H groups in total. The molecule has 0 bridgehead atoms. The standard InChI is InChI=1S/C18H21N3O2S/c22-16(17-20-13-6-1-2-8-15(13)24-17)14-7-4-10-21(14)18(23)12-5-3-9-19-11-12/h1-2,6,8,12,14,19H,3-5,7,9-11H2. The Kier molecular flexibility index (Phi) is 4.33. The number of para-hydroxylation sites is 1. The van der Waals surface area contributed by atoms with E-state index in [4.69, 9.17) is 0 Å². The van der Waals surface area contributed by atoms with E-state index >= 15 is 0 Å². The second-order valence-corrected chi connectivity index (χ2v) is 7.61. The molecular weight excluding hydrogens is 322 g/mol. The molecule has 2 atom stereocenters. The van der Waals surface area contributed by atoms with Gasteiger partial charge in [0.2, 0.25) is 11.7 Å². The maximum atomic E-state index is 13.0. The maximum Gasteiger partial charge on any atom is 0.227 e. The van der Waals surface area contributed by atoms with Gasteiger partial charge in [-0.3, -0.25) is 9.59 Å². The van der Waals surface area contributed by atoms with Crippen LogP contribution in [0, 0.1) is 5.92 Å². The van der Waals surface area contributed by atoms with Crippen molar-refractivity contribution in [1.29, 1.82) is 0 Å². The number of fused-ring (bicyclic) bond motifs is 1. The van der Waals surface area contributed by atoms with Crippen LogP contribution in [0.15, 0.2) is 24.3 Å². The number of hydrogen-bond acceptors (Lipinski definition) is 5. The van der Waals surface area contributed by atoms with Crippen molar-refractivity contribution in [2.45, 2.75) is 31.7 Å². The second-order valence-electron chi connectivity index (χ2n) is 6.58. The van der Waals surface area contributed by atoms with Gasteiger partial charge < -0.3 is 10.2 Å². The van der Waals surface area contributed by atoms with Gasteiger partial charge >= 0.3 is 0 Å². The minimum atomic E-state index is -0.333. The van der Waals surface area contributed by atoms with Crippen molar-refractivity contribution in [3.8, 4) is 0 Å². The Bertz CT molecular complexity index is 733. The quantitative estimate of drug-likeness (QED) is 0.870. The molecule has 1 amide bonds. The van der Waals surface area contributed by atoms with Crippen molar-refractivity contribution < 1.29 is 9.59 Å². The van der Waals surface area contributed by atoms with E-state index in [2.05, 4.69) is 10.3 Å². The highest BCUT2D eigenvalue weighted by Crippen LogP contribution is 2.28. The zero-order valence-electron chi connectivity index (χ0n) is 13.5. The highest BCUT2D eigenvalue weighted by molar-refractivity contribution is 7.20. The molecule has 2 aromatic rings. The number of hydrogen-bond donors (Lipinski definition) is 1. The van der Waals surface area contributed by atoms with Gasteiger partial charge in [-0.05, 0) is 44.4 Å². The number of nitrogens with zero attached hydrogens (tertiary/aromatic N) is 2. The summed E-state index contributed by atoms with van der Waals surface area (Å²) in [5.41, 5.74) is 0.859. The second kappa shape index (κ2) is 6.61. The predicted molar refractivity (Wildman–Crippen MR) is 94.3 cm³/mol. The van der Waals surface area contributed by atoms with Crippen LogP contribution in [0.4, 0.5) is 0 Å². The highest BCUT2D eigenvalue weighted by Gasteiger charge is 2.38. The smallest absolute Gasteiger partial charge is 0.227 e. The third kappa shape index (κ3) is 2.84. The van der Waals surface area contributed by atoms with Gasteiger partial charge in [-0.25, -0.2) is 4.98 Å². The van der Waals surface area contributed by atoms with Crippen LogP contribution in [0.5, 0.6) is 0 Å². The van der Waals surface area contributed by atoms with Gasteiger partial charge in [0.05, 0.1) is 22.2 Å². The van der Waals surface area contributed by atoms with E-state index in [1.807, 2.05) is 29.2 Å². The number of nitrogens with one attached hydrogen (secondary N) is 1. The zero-order valence-corrected chi connectivity index (χ0v) is 14.3. The number of rotatable bonds is 3. The molecule has 1 aromatic carbocycles. The van der Waals surface area contributed by atoms with E-state index in [1.165, 1.54) is 11.3 Å². The fourth-order valence-corrected chi connectivity index (χ4v) is 4.67. The lowest BCUT2D eigenvalue weighted by Crippen LogP contribution is -2.47. The Morgan fingerprint density at radius 1 is 1.21 bits per heavy atom. The molecule has 6 heteroatoms. The molecule has 4 rings (SSSR count). The number of aromatic nitrogens is 1. The summed E-state index contributed by atoms with van der Waals surface area (Å²) in [5.74, 6) is 0.160. The molecule has 1 aromatic heterocycles. The minimum Gasteiger partial charge on any atom is -0.332 e. The number of carbonyl (C=O) groups excluding carboxylic acids is 2. The lowest BCUT2D eigenvalue weighted by atomic mass is 9.97. The summed E-state index contributed by atoms with van der Waals surface area (Å²) in [6.45, 7) is 2.41. The van der Waals surface area contributed by atoms with Crippen LogP contribution in [0.25, 0.3) is 10.2 Å². The van der Waals surface area contributed by atoms with Crippen molar-refractivity contribution in [2.75, 3.05) is 19.6 Å². The average molecular weight is 343 g/mol. The van der Waals surface area contributed by atoms with E-state index < -0.39 is 0 Å². The summed E-state index contributed by atoms with van der Waals surface area (Å²) >= 11 is 1.43. The number of ketones is 1. The third-order valence-electron chi connectivity index (χ3n) is 4.99. The van der Waals surface area contributed by atoms with E-state index in [0.717, 1.165) is 49.0 Å². The van der Waals surface area contributed by atoms with Gasteiger partial charge in [0.25, 0.3) is 0 Å². The summed E-state index contributed by atoms with van der Waals surface area (Å²) in [5, 5.41) is 3.82. The van der Waals surface area contributed by atoms with E-state index in [0.29, 0.717) is 11.6 Å². The lowest BCUT2D eigenvalue weighted by Gasteiger charge is -2.30. The molecule has 3 heterocycles. The highest BCUT2D eigenvalue weighted by atomic mass is 32.1. The summed E-state index contributed by atoms with van der Waals surface area (Å²) in [6.07, 6.45) is 3.60. The van der Waals surface area contributed by atoms with E-state index in [-0.39, 0.29) is 23.7 Å². The van der Waals surface area contributed by atoms with Crippen LogP contribution in [0.1, 0.15) is 35.5 Å². The Labute approximate surface area is 145 Å². The Hall–Kier alpha value is -1.79. The number of benzene rings is 1. The molecule has 2 saturated heterocycles. The number of thiazole rings is 1. The predicted octanol–water partition coefficient (Wildman–Crippen LogP) is 2.47. The molecule has 5 nitrogen and oxygen atoms in total. The van der Waals surface area contributed by atoms with Crippen LogP contribution >= 0.6 is 11.3 Å². The van der Waals surface area contributed by atoms with E-state index in [1.54, 1.807) is 0 Å². The molecule has 0 radical (unpaired) electrons. The number of piperidine rings is 1. The Morgan fingerprint density at radius 3 is 2.88 bits per heavy atom. The van der Waals surface area contributed by atoms with Crippen LogP contribution in [-0.2, 0) is 4.79 Å². The molecule has 2 fully saturated rings. The number of carbonyl (C=O) groups is 2. The van der Waals surface area contributed by atoms with Gasteiger partial charge in [0, 0.05) is 13.1 Å². The first kappa shape index (κ1) is 15.7. The number of amides is 1. The Morgan fingerprint density at radius 2 is 2.08 bits per heavy atom. The van der Waals surface area contributed by atoms with Crippen molar-refractivity contribution in [2.24, 2.45) is 5.92 Å². The summed E-state index contributed by atoms with van der Waals surface area (Å²) in [4.78, 5) is 32.1. The van der Waals surface area contributed by atoms with Crippen LogP contribution in [0.2, 0.25) is 0 Å². The van der Waals surface area contributed by atoms with Crippen LogP contribution in [0.3, 0.4) is 0 Å². The lowest BCUT2D eigenvalue weighted by molar-refractivity contribution is -0.136. The molecule has 2 aliphatic heterocycles. The molecular formula is C18H21N3O2S. The fraction of sp³-hybridized carbons (Fsp3) is 0.500. The molecule has 0 aliphatic carbocycles. The van der Waals surface area contributed by atoms with E-state index in [9.17, 15) is 9.59 Å². The summed E-state index contributed by atoms with van der Waals surface area (Å²) in [6, 6.07) is 7.46. The van der Waals surface area contributed by atoms with Gasteiger partial charge in [-0.15, -0.1) is 11.3 Å². The van der Waals surface area contributed by atoms with Gasteiger partial charge in [0.15, 0.2) is 5.01 Å². The molecule has 126 valence electrons. The Balaban J connectivity index is 1.55. The normalized spacial score (nSPS) is 24.4. The molecule has 2 aliphatic rings. The monoisotopic (exact) mass is 343 g/mol. The van der Waals surface area contributed by atoms with Gasteiger partial charge in [-0.1, -0.05) is 12.1 Å². The number of likely N-dealkylation sites (tertiary alicyclic amines) is 1. The van der Waals surface area contributed by atoms with Crippen molar-refractivity contribution in [3.63, 3.8) is 0 Å². The molecule has 24 heavy (non-hydrogen) atoms. The van der Waals surface area contributed by atoms with Crippen molar-refractivity contribution in [1.82, 2.24) is 15.2 Å². The number of Topliss-reactive ketones (excluding diaryl/α,β-unsaturated/α-hetero) is 1. The van der Waals surface area contributed by atoms with Crippen LogP contribution in [-0.4, -0.2) is 47.3 Å². The molecule has 0 spiro atoms. The summed E-state index contributed by atoms with van der Waals surface area (Å²) in [7, 11) is 0. The average Bonchev–Trinajstić information content (AvgIpc) is 3.28. The van der Waals surface area contributed by atoms with Crippen molar-refractivity contribution >= 4 is 33.2 Å². The third-order valence-corrected chi connectivity index (χ3v) is 6.04. The van der Waals surface area contributed by atoms with Crippen LogP contribution < -0.4 is 5.32 Å². The SMILES string of the molecule is O=C(c1nc2ccccc2s1)C1CCCN1C(=O)C1CCCNC1. The first-order valence-electron chi connectivity index (χ1n) is 8.65. The van der Waals surface area contributed by atoms with Crippen molar-refractivity contribution in [3.05, 3.63) is 29.3 Å². The topological polar surface area (TPSA) is 62.3 Å². The molecule has 0 saturated carbocycles. The first-order chi connectivity index (χ1) is 11.7. The largest absolute Gasteiger partial charge is 0.332 e. The fourth-order valence-electron chi connectivity index (χ4n) is 3.72. The first-order valence-corrected chi connectivity index (χ1v) is 9.46. The maximum absolute atomic E-state index is 13.0. The van der Waals surface area contributed by atoms with Gasteiger partial charge in [0.1, 0.15) is 0 Å². The molecule has 2 unspecified atom stereocenters. The summed E-state index contributed by atoms with van der Waals surface area (Å²) < 4.78 is 1.02. The van der Waals surface area contributed by atoms with Gasteiger partial charge in [-0.2, -0.15) is 0 Å². The minimum absolute atomic E-state index is 0.00539.